The van der Waals surface area contributed by atoms with E-state index in [9.17, 15) is 4.79 Å². The summed E-state index contributed by atoms with van der Waals surface area (Å²) < 4.78 is 2.59. The molecule has 0 spiro atoms. The van der Waals surface area contributed by atoms with E-state index in [1.807, 2.05) is 31.2 Å². The molecule has 0 aliphatic heterocycles. The van der Waals surface area contributed by atoms with Gasteiger partial charge in [-0.2, -0.15) is 9.78 Å². The molecule has 0 saturated carbocycles. The fourth-order valence-corrected chi connectivity index (χ4v) is 3.54. The van der Waals surface area contributed by atoms with E-state index >= 15 is 0 Å². The first kappa shape index (κ1) is 12.4. The predicted molar refractivity (Wildman–Crippen MR) is 79.1 cm³/mol. The molecule has 1 aromatic carbocycles. The van der Waals surface area contributed by atoms with E-state index in [-0.39, 0.29) is 5.91 Å². The van der Waals surface area contributed by atoms with Gasteiger partial charge >= 0.3 is 0 Å². The van der Waals surface area contributed by atoms with Gasteiger partial charge in [0.1, 0.15) is 0 Å². The number of carbonyl (C=O) groups is 1. The van der Waals surface area contributed by atoms with Gasteiger partial charge in [-0.3, -0.25) is 4.79 Å². The average molecular weight is 291 g/mol. The Bertz CT molecular complexity index is 788. The zero-order valence-corrected chi connectivity index (χ0v) is 12.0. The van der Waals surface area contributed by atoms with Crippen molar-refractivity contribution in [2.24, 2.45) is 0 Å². The number of hydrogen-bond donors (Lipinski definition) is 0. The predicted octanol–water partition coefficient (Wildman–Crippen LogP) is 4.39. The monoisotopic (exact) mass is 290 g/mol. The van der Waals surface area contributed by atoms with Gasteiger partial charge in [-0.15, -0.1) is 11.3 Å². The second-order valence-corrected chi connectivity index (χ2v) is 5.83. The van der Waals surface area contributed by atoms with Crippen LogP contribution in [0.2, 0.25) is 5.02 Å². The molecule has 96 valence electrons. The van der Waals surface area contributed by atoms with E-state index in [4.69, 9.17) is 11.6 Å². The third kappa shape index (κ3) is 1.97. The number of rotatable bonds is 1. The van der Waals surface area contributed by atoms with Crippen LogP contribution < -0.4 is 0 Å². The summed E-state index contributed by atoms with van der Waals surface area (Å²) in [7, 11) is 0. The molecule has 3 aromatic rings. The number of benzene rings is 1. The van der Waals surface area contributed by atoms with Crippen molar-refractivity contribution in [1.82, 2.24) is 9.78 Å². The van der Waals surface area contributed by atoms with Gasteiger partial charge < -0.3 is 0 Å². The molecule has 3 rings (SSSR count). The summed E-state index contributed by atoms with van der Waals surface area (Å²) in [6.07, 6.45) is 1.65. The molecule has 0 unspecified atom stereocenters. The summed E-state index contributed by atoms with van der Waals surface area (Å²) in [5.74, 6) is -0.0881. The number of thiophene rings is 1. The molecular weight excluding hydrogens is 280 g/mol. The highest BCUT2D eigenvalue weighted by molar-refractivity contribution is 7.22. The maximum atomic E-state index is 11.6. The van der Waals surface area contributed by atoms with Gasteiger partial charge in [0.2, 0.25) is 5.91 Å². The number of fused-ring (bicyclic) bond motifs is 1. The van der Waals surface area contributed by atoms with E-state index in [0.29, 0.717) is 0 Å². The summed E-state index contributed by atoms with van der Waals surface area (Å²) in [4.78, 5) is 12.6. The van der Waals surface area contributed by atoms with Gasteiger partial charge in [0, 0.05) is 16.6 Å². The van der Waals surface area contributed by atoms with Crippen molar-refractivity contribution in [1.29, 1.82) is 0 Å². The van der Waals surface area contributed by atoms with Crippen molar-refractivity contribution < 1.29 is 4.79 Å². The van der Waals surface area contributed by atoms with Gasteiger partial charge in [-0.1, -0.05) is 11.6 Å². The van der Waals surface area contributed by atoms with Crippen molar-refractivity contribution in [2.75, 3.05) is 0 Å². The maximum Gasteiger partial charge on any atom is 0.244 e. The SMILES string of the molecule is CC(=O)n1nccc1-c1sc2ccc(Cl)cc2c1C. The molecule has 0 amide bonds. The number of hydrogen-bond acceptors (Lipinski definition) is 3. The van der Waals surface area contributed by atoms with Crippen LogP contribution in [0.3, 0.4) is 0 Å². The summed E-state index contributed by atoms with van der Waals surface area (Å²) in [6, 6.07) is 7.71. The molecule has 0 aliphatic rings. The summed E-state index contributed by atoms with van der Waals surface area (Å²) in [5.41, 5.74) is 1.97. The Morgan fingerprint density at radius 1 is 1.37 bits per heavy atom. The highest BCUT2D eigenvalue weighted by Gasteiger charge is 2.15. The zero-order valence-electron chi connectivity index (χ0n) is 10.5. The van der Waals surface area contributed by atoms with Crippen LogP contribution in [0.1, 0.15) is 17.3 Å². The Morgan fingerprint density at radius 2 is 2.16 bits per heavy atom. The summed E-state index contributed by atoms with van der Waals surface area (Å²) in [6.45, 7) is 3.55. The Labute approximate surface area is 119 Å². The molecule has 0 N–H and O–H groups in total. The maximum absolute atomic E-state index is 11.6. The lowest BCUT2D eigenvalue weighted by atomic mass is 10.1. The largest absolute Gasteiger partial charge is 0.273 e. The third-order valence-corrected chi connectivity index (χ3v) is 4.60. The van der Waals surface area contributed by atoms with Gasteiger partial charge in [-0.05, 0) is 42.1 Å². The number of aromatic nitrogens is 2. The molecule has 2 heterocycles. The Kier molecular flexibility index (Phi) is 2.92. The van der Waals surface area contributed by atoms with E-state index in [1.54, 1.807) is 17.5 Å². The highest BCUT2D eigenvalue weighted by atomic mass is 35.5. The molecule has 5 heteroatoms. The quantitative estimate of drug-likeness (QED) is 0.666. The van der Waals surface area contributed by atoms with Crippen LogP contribution in [-0.2, 0) is 0 Å². The van der Waals surface area contributed by atoms with Crippen molar-refractivity contribution in [3.8, 4) is 10.6 Å². The Morgan fingerprint density at radius 3 is 2.89 bits per heavy atom. The Hall–Kier alpha value is -1.65. The number of nitrogens with zero attached hydrogens (tertiary/aromatic N) is 2. The van der Waals surface area contributed by atoms with E-state index in [1.165, 1.54) is 11.6 Å². The smallest absolute Gasteiger partial charge is 0.244 e. The summed E-state index contributed by atoms with van der Waals surface area (Å²) in [5, 5.41) is 5.92. The van der Waals surface area contributed by atoms with Crippen LogP contribution in [0.4, 0.5) is 0 Å². The van der Waals surface area contributed by atoms with Crippen LogP contribution in [0, 0.1) is 6.92 Å². The lowest BCUT2D eigenvalue weighted by molar-refractivity contribution is 0.0923. The molecular formula is C14H11ClN2OS. The first-order chi connectivity index (χ1) is 9.08. The van der Waals surface area contributed by atoms with E-state index in [0.717, 1.165) is 31.2 Å². The standard InChI is InChI=1S/C14H11ClN2OS/c1-8-11-7-10(15)3-4-13(11)19-14(8)12-5-6-16-17(12)9(2)18/h3-7H,1-2H3. The van der Waals surface area contributed by atoms with Crippen molar-refractivity contribution in [3.05, 3.63) is 41.0 Å². The van der Waals surface area contributed by atoms with Gasteiger partial charge in [-0.25, -0.2) is 0 Å². The molecule has 0 fully saturated rings. The van der Waals surface area contributed by atoms with Crippen molar-refractivity contribution in [3.63, 3.8) is 0 Å². The minimum absolute atomic E-state index is 0.0881. The lowest BCUT2D eigenvalue weighted by Crippen LogP contribution is -2.08. The first-order valence-electron chi connectivity index (χ1n) is 5.82. The third-order valence-electron chi connectivity index (χ3n) is 3.07. The molecule has 3 nitrogen and oxygen atoms in total. The van der Waals surface area contributed by atoms with E-state index in [2.05, 4.69) is 5.10 Å². The minimum atomic E-state index is -0.0881. The molecule has 0 bridgehead atoms. The van der Waals surface area contributed by atoms with Crippen LogP contribution in [0.25, 0.3) is 20.7 Å². The van der Waals surface area contributed by atoms with Crippen LogP contribution >= 0.6 is 22.9 Å². The first-order valence-corrected chi connectivity index (χ1v) is 7.01. The lowest BCUT2D eigenvalue weighted by Gasteiger charge is -2.02. The molecule has 0 radical (unpaired) electrons. The number of aryl methyl sites for hydroxylation is 1. The Balaban J connectivity index is 2.28. The minimum Gasteiger partial charge on any atom is -0.273 e. The van der Waals surface area contributed by atoms with Crippen LogP contribution in [-0.4, -0.2) is 15.7 Å². The van der Waals surface area contributed by atoms with Crippen LogP contribution in [0.15, 0.2) is 30.5 Å². The second-order valence-electron chi connectivity index (χ2n) is 4.34. The van der Waals surface area contributed by atoms with Gasteiger partial charge in [0.25, 0.3) is 0 Å². The highest BCUT2D eigenvalue weighted by Crippen LogP contribution is 2.38. The van der Waals surface area contributed by atoms with Crippen molar-refractivity contribution in [2.45, 2.75) is 13.8 Å². The molecule has 0 saturated heterocycles. The molecule has 2 aromatic heterocycles. The second kappa shape index (κ2) is 4.47. The van der Waals surface area contributed by atoms with Gasteiger partial charge in [0.15, 0.2) is 0 Å². The molecule has 0 atom stereocenters. The normalized spacial score (nSPS) is 11.1. The zero-order chi connectivity index (χ0) is 13.6. The summed E-state index contributed by atoms with van der Waals surface area (Å²) >= 11 is 7.69. The topological polar surface area (TPSA) is 34.9 Å². The molecule has 0 aliphatic carbocycles. The van der Waals surface area contributed by atoms with E-state index < -0.39 is 0 Å². The average Bonchev–Trinajstić information content (AvgIpc) is 2.95. The van der Waals surface area contributed by atoms with Crippen molar-refractivity contribution >= 4 is 38.9 Å². The fourth-order valence-electron chi connectivity index (χ4n) is 2.16. The number of carbonyl (C=O) groups excluding carboxylic acids is 1. The molecule has 19 heavy (non-hydrogen) atoms. The number of halogens is 1. The van der Waals surface area contributed by atoms with Crippen LogP contribution in [0.5, 0.6) is 0 Å². The van der Waals surface area contributed by atoms with Gasteiger partial charge in [0.05, 0.1) is 16.8 Å². The fraction of sp³-hybridized carbons (Fsp3) is 0.143.